The molecule has 0 spiro atoms. The van der Waals surface area contributed by atoms with E-state index in [1.54, 1.807) is 17.6 Å². The second-order valence-corrected chi connectivity index (χ2v) is 7.58. The fraction of sp³-hybridized carbons (Fsp3) is 0.0455. The summed E-state index contributed by atoms with van der Waals surface area (Å²) in [5.41, 5.74) is 4.01. The van der Waals surface area contributed by atoms with E-state index in [9.17, 15) is 4.55 Å². The first-order valence-corrected chi connectivity index (χ1v) is 9.78. The van der Waals surface area contributed by atoms with Gasteiger partial charge in [0.1, 0.15) is 5.41 Å². The molecule has 0 aliphatic carbocycles. The molecular formula is C22H19NOS2. The van der Waals surface area contributed by atoms with Crippen molar-refractivity contribution in [3.63, 3.8) is 0 Å². The third-order valence-electron chi connectivity index (χ3n) is 3.96. The molecule has 2 nitrogen and oxygen atoms in total. The molecule has 0 N–H and O–H groups in total. The Hall–Kier alpha value is -2.40. The van der Waals surface area contributed by atoms with Crippen LogP contribution in [0.5, 0.6) is 0 Å². The Morgan fingerprint density at radius 2 is 1.65 bits per heavy atom. The average Bonchev–Trinajstić information content (AvgIpc) is 2.68. The number of aromatic nitrogens is 1. The normalized spacial score (nSPS) is 12.2. The molecule has 0 amide bonds. The van der Waals surface area contributed by atoms with Gasteiger partial charge >= 0.3 is 0 Å². The fourth-order valence-electron chi connectivity index (χ4n) is 2.73. The van der Waals surface area contributed by atoms with Crippen LogP contribution in [0.1, 0.15) is 0 Å². The maximum Gasteiger partial charge on any atom is 0.158 e. The number of hydrogen-bond donors (Lipinski definition) is 0. The summed E-state index contributed by atoms with van der Waals surface area (Å²) in [7, 11) is 1.99. The summed E-state index contributed by atoms with van der Waals surface area (Å²) in [5, 5.41) is 1.63. The monoisotopic (exact) mass is 377 g/mol. The summed E-state index contributed by atoms with van der Waals surface area (Å²) in [6.45, 7) is 3.61. The third-order valence-corrected chi connectivity index (χ3v) is 5.52. The summed E-state index contributed by atoms with van der Waals surface area (Å²) in [4.78, 5) is 0.739. The van der Waals surface area contributed by atoms with Gasteiger partial charge in [-0.2, -0.15) is 0 Å². The number of benzene rings is 2. The molecule has 130 valence electrons. The Morgan fingerprint density at radius 3 is 2.35 bits per heavy atom. The van der Waals surface area contributed by atoms with Crippen LogP contribution in [0.15, 0.2) is 96.0 Å². The number of nitrogens with zero attached hydrogens (tertiary/aromatic N) is 1. The van der Waals surface area contributed by atoms with Gasteiger partial charge in [-0.15, -0.1) is 0 Å². The lowest BCUT2D eigenvalue weighted by Crippen LogP contribution is -1.98. The molecule has 4 heteroatoms. The second kappa shape index (κ2) is 8.32. The largest absolute Gasteiger partial charge is 0.607 e. The van der Waals surface area contributed by atoms with Crippen LogP contribution in [0.3, 0.4) is 0 Å². The van der Waals surface area contributed by atoms with Crippen molar-refractivity contribution < 1.29 is 4.55 Å². The molecule has 0 saturated carbocycles. The molecule has 3 rings (SSSR count). The zero-order valence-corrected chi connectivity index (χ0v) is 16.1. The summed E-state index contributed by atoms with van der Waals surface area (Å²) >= 11 is 4.56. The maximum absolute atomic E-state index is 12.4. The highest BCUT2D eigenvalue weighted by Gasteiger charge is 2.12. The van der Waals surface area contributed by atoms with Crippen molar-refractivity contribution in [2.24, 2.45) is 7.05 Å². The van der Waals surface area contributed by atoms with E-state index in [0.717, 1.165) is 31.7 Å². The number of aryl methyl sites for hydroxylation is 1. The van der Waals surface area contributed by atoms with Gasteiger partial charge in [-0.1, -0.05) is 67.3 Å². The van der Waals surface area contributed by atoms with Crippen LogP contribution in [0.4, 0.5) is 0 Å². The lowest BCUT2D eigenvalue weighted by atomic mass is 10.0. The van der Waals surface area contributed by atoms with Crippen molar-refractivity contribution in [2.75, 3.05) is 0 Å². The van der Waals surface area contributed by atoms with E-state index >= 15 is 0 Å². The topological polar surface area (TPSA) is 28.0 Å². The molecule has 0 radical (unpaired) electrons. The fourth-order valence-corrected chi connectivity index (χ4v) is 3.94. The smallest absolute Gasteiger partial charge is 0.158 e. The van der Waals surface area contributed by atoms with Gasteiger partial charge < -0.3 is 9.12 Å². The van der Waals surface area contributed by atoms with Gasteiger partial charge in [0.05, 0.1) is 4.51 Å². The minimum Gasteiger partial charge on any atom is -0.607 e. The predicted octanol–water partition coefficient (Wildman–Crippen LogP) is 5.90. The SMILES string of the molecule is C=CC=C[S+]([O-])c1cccc(-c2cn(C)cc(-c3ccccc3)c2=S)c1. The minimum absolute atomic E-state index is 0.739. The lowest BCUT2D eigenvalue weighted by molar-refractivity contribution is 0.603. The molecule has 26 heavy (non-hydrogen) atoms. The van der Waals surface area contributed by atoms with Crippen LogP contribution < -0.4 is 0 Å². The molecule has 0 aliphatic heterocycles. The van der Waals surface area contributed by atoms with Crippen molar-refractivity contribution in [1.82, 2.24) is 4.57 Å². The first-order chi connectivity index (χ1) is 12.6. The Kier molecular flexibility index (Phi) is 5.89. The molecule has 1 unspecified atom stereocenters. The van der Waals surface area contributed by atoms with E-state index in [2.05, 4.69) is 18.7 Å². The number of pyridine rings is 1. The molecule has 0 bridgehead atoms. The zero-order chi connectivity index (χ0) is 18.5. The molecule has 1 heterocycles. The van der Waals surface area contributed by atoms with Gasteiger partial charge in [0.2, 0.25) is 0 Å². The number of hydrogen-bond acceptors (Lipinski definition) is 2. The van der Waals surface area contributed by atoms with E-state index in [0.29, 0.717) is 0 Å². The Labute approximate surface area is 162 Å². The van der Waals surface area contributed by atoms with Crippen LogP contribution in [-0.2, 0) is 18.2 Å². The summed E-state index contributed by atoms with van der Waals surface area (Å²) in [6, 6.07) is 17.8. The highest BCUT2D eigenvalue weighted by molar-refractivity contribution is 7.94. The van der Waals surface area contributed by atoms with Crippen molar-refractivity contribution in [2.45, 2.75) is 4.90 Å². The highest BCUT2D eigenvalue weighted by atomic mass is 32.2. The van der Waals surface area contributed by atoms with Crippen LogP contribution in [0.25, 0.3) is 22.3 Å². The maximum atomic E-state index is 12.4. The average molecular weight is 378 g/mol. The molecule has 0 fully saturated rings. The molecule has 2 aromatic carbocycles. The molecule has 0 aliphatic rings. The van der Waals surface area contributed by atoms with Gasteiger partial charge in [0.25, 0.3) is 0 Å². The van der Waals surface area contributed by atoms with Crippen molar-refractivity contribution in [3.8, 4) is 22.3 Å². The lowest BCUT2D eigenvalue weighted by Gasteiger charge is -2.12. The van der Waals surface area contributed by atoms with Crippen LogP contribution in [0.2, 0.25) is 0 Å². The quantitative estimate of drug-likeness (QED) is 0.315. The van der Waals surface area contributed by atoms with Crippen LogP contribution in [0, 0.1) is 4.51 Å². The second-order valence-electron chi connectivity index (χ2n) is 5.84. The highest BCUT2D eigenvalue weighted by Crippen LogP contribution is 2.30. The number of allylic oxidation sites excluding steroid dienone is 2. The van der Waals surface area contributed by atoms with Gasteiger partial charge in [0.15, 0.2) is 4.90 Å². The van der Waals surface area contributed by atoms with E-state index in [4.69, 9.17) is 12.2 Å². The van der Waals surface area contributed by atoms with Crippen molar-refractivity contribution >= 4 is 23.4 Å². The number of rotatable bonds is 5. The standard InChI is InChI=1S/C22H19NOS2/c1-3-4-13-26(24)19-12-8-11-18(14-19)21-16-23(2)15-20(22(21)25)17-9-6-5-7-10-17/h3-16H,1H2,2H3. The molecule has 1 aromatic heterocycles. The van der Waals surface area contributed by atoms with E-state index in [-0.39, 0.29) is 0 Å². The van der Waals surface area contributed by atoms with Gasteiger partial charge in [0, 0.05) is 47.8 Å². The van der Waals surface area contributed by atoms with Gasteiger partial charge in [-0.3, -0.25) is 0 Å². The Morgan fingerprint density at radius 1 is 1.00 bits per heavy atom. The Balaban J connectivity index is 2.11. The molecule has 3 aromatic rings. The molecule has 0 saturated heterocycles. The van der Waals surface area contributed by atoms with E-state index in [1.807, 2.05) is 66.5 Å². The van der Waals surface area contributed by atoms with E-state index in [1.165, 1.54) is 0 Å². The van der Waals surface area contributed by atoms with Crippen LogP contribution in [-0.4, -0.2) is 9.12 Å². The molecule has 1 atom stereocenters. The van der Waals surface area contributed by atoms with E-state index < -0.39 is 11.2 Å². The first-order valence-electron chi connectivity index (χ1n) is 8.16. The van der Waals surface area contributed by atoms with Gasteiger partial charge in [-0.25, -0.2) is 0 Å². The third kappa shape index (κ3) is 4.05. The Bertz CT molecular complexity index is 1010. The summed E-state index contributed by atoms with van der Waals surface area (Å²) in [5.74, 6) is 0. The minimum atomic E-state index is -1.21. The van der Waals surface area contributed by atoms with Crippen molar-refractivity contribution in [3.05, 3.63) is 95.6 Å². The summed E-state index contributed by atoms with van der Waals surface area (Å²) < 4.78 is 15.2. The zero-order valence-electron chi connectivity index (χ0n) is 14.5. The predicted molar refractivity (Wildman–Crippen MR) is 113 cm³/mol. The van der Waals surface area contributed by atoms with Crippen molar-refractivity contribution in [1.29, 1.82) is 0 Å². The van der Waals surface area contributed by atoms with Gasteiger partial charge in [-0.05, 0) is 23.3 Å². The van der Waals surface area contributed by atoms with Crippen LogP contribution >= 0.6 is 12.2 Å². The summed E-state index contributed by atoms with van der Waals surface area (Å²) in [6.07, 6.45) is 7.36. The molecular weight excluding hydrogens is 358 g/mol. The first kappa shape index (κ1) is 18.4.